The molecule has 0 heterocycles. The number of thioether (sulfide) groups is 1. The van der Waals surface area contributed by atoms with Crippen LogP contribution in [0.15, 0.2) is 0 Å². The Hall–Kier alpha value is 0.660. The second-order valence-corrected chi connectivity index (χ2v) is 2.48. The van der Waals surface area contributed by atoms with E-state index in [1.807, 2.05) is 6.26 Å². The van der Waals surface area contributed by atoms with Gasteiger partial charge in [-0.2, -0.15) is 11.8 Å². The van der Waals surface area contributed by atoms with Crippen molar-refractivity contribution in [2.75, 3.05) is 17.8 Å². The van der Waals surface area contributed by atoms with Crippen LogP contribution in [-0.2, 0) is 0 Å². The third-order valence-electron chi connectivity index (χ3n) is 0.379. The minimum atomic E-state index is 0.848. The van der Waals surface area contributed by atoms with E-state index in [0.717, 1.165) is 23.5 Å². The zero-order valence-corrected chi connectivity index (χ0v) is 5.31. The Balaban J connectivity index is 2.34. The fraction of sp³-hybridized carbons (Fsp3) is 1.00. The van der Waals surface area contributed by atoms with Crippen molar-refractivity contribution < 1.29 is 4.55 Å². The van der Waals surface area contributed by atoms with Crippen molar-refractivity contribution in [1.82, 2.24) is 0 Å². The molecular formula is C3H8OS2. The molecular weight excluding hydrogens is 116 g/mol. The molecule has 0 spiro atoms. The Labute approximate surface area is 46.7 Å². The highest BCUT2D eigenvalue weighted by atomic mass is 32.2. The van der Waals surface area contributed by atoms with Gasteiger partial charge in [0.05, 0.1) is 0 Å². The molecule has 0 aromatic heterocycles. The van der Waals surface area contributed by atoms with Crippen LogP contribution in [0.2, 0.25) is 0 Å². The van der Waals surface area contributed by atoms with Gasteiger partial charge in [0.2, 0.25) is 0 Å². The third-order valence-corrected chi connectivity index (χ3v) is 1.64. The van der Waals surface area contributed by atoms with Crippen LogP contribution in [0.5, 0.6) is 0 Å². The molecule has 0 bridgehead atoms. The molecule has 0 saturated heterocycles. The van der Waals surface area contributed by atoms with Crippen molar-refractivity contribution >= 4 is 23.8 Å². The first kappa shape index (κ1) is 6.66. The maximum absolute atomic E-state index is 8.10. The SMILES string of the molecule is CSCCSO. The van der Waals surface area contributed by atoms with Crippen LogP contribution in [0.3, 0.4) is 0 Å². The monoisotopic (exact) mass is 124 g/mol. The van der Waals surface area contributed by atoms with Crippen molar-refractivity contribution in [2.24, 2.45) is 0 Å². The van der Waals surface area contributed by atoms with Gasteiger partial charge in [-0.25, -0.2) is 0 Å². The van der Waals surface area contributed by atoms with Gasteiger partial charge >= 0.3 is 0 Å². The topological polar surface area (TPSA) is 20.2 Å². The minimum absolute atomic E-state index is 0.848. The number of rotatable bonds is 3. The van der Waals surface area contributed by atoms with E-state index in [4.69, 9.17) is 4.55 Å². The molecule has 0 amide bonds. The summed E-state index contributed by atoms with van der Waals surface area (Å²) in [6.45, 7) is 0. The van der Waals surface area contributed by atoms with E-state index in [-0.39, 0.29) is 0 Å². The fourth-order valence-corrected chi connectivity index (χ4v) is 1.09. The highest BCUT2D eigenvalue weighted by molar-refractivity contribution is 8.00. The van der Waals surface area contributed by atoms with Crippen molar-refractivity contribution in [3.05, 3.63) is 0 Å². The first-order valence-corrected chi connectivity index (χ1v) is 4.00. The summed E-state index contributed by atoms with van der Waals surface area (Å²) in [5.41, 5.74) is 0. The molecule has 1 nitrogen and oxygen atoms in total. The molecule has 0 atom stereocenters. The van der Waals surface area contributed by atoms with Gasteiger partial charge in [-0.3, -0.25) is 0 Å². The van der Waals surface area contributed by atoms with Gasteiger partial charge in [-0.1, -0.05) is 0 Å². The van der Waals surface area contributed by atoms with E-state index >= 15 is 0 Å². The smallest absolute Gasteiger partial charge is 0.0286 e. The summed E-state index contributed by atoms with van der Waals surface area (Å²) in [6.07, 6.45) is 2.02. The van der Waals surface area contributed by atoms with Crippen LogP contribution in [-0.4, -0.2) is 22.3 Å². The van der Waals surface area contributed by atoms with Crippen LogP contribution in [0, 0.1) is 0 Å². The highest BCUT2D eigenvalue weighted by Crippen LogP contribution is 1.96. The molecule has 1 N–H and O–H groups in total. The first-order valence-electron chi connectivity index (χ1n) is 1.67. The van der Waals surface area contributed by atoms with Crippen LogP contribution >= 0.6 is 23.8 Å². The molecule has 0 saturated carbocycles. The van der Waals surface area contributed by atoms with Crippen LogP contribution in [0.1, 0.15) is 0 Å². The van der Waals surface area contributed by atoms with Gasteiger partial charge in [-0.05, 0) is 18.3 Å². The van der Waals surface area contributed by atoms with Gasteiger partial charge in [0.1, 0.15) is 0 Å². The Morgan fingerprint density at radius 1 is 1.50 bits per heavy atom. The highest BCUT2D eigenvalue weighted by Gasteiger charge is 1.77. The normalized spacial score (nSPS) is 9.00. The minimum Gasteiger partial charge on any atom is -0.330 e. The predicted octanol–water partition coefficient (Wildman–Crippen LogP) is 1.56. The van der Waals surface area contributed by atoms with Gasteiger partial charge in [0.15, 0.2) is 0 Å². The Morgan fingerprint density at radius 3 is 2.33 bits per heavy atom. The molecule has 0 aliphatic heterocycles. The van der Waals surface area contributed by atoms with E-state index in [1.54, 1.807) is 11.8 Å². The summed E-state index contributed by atoms with van der Waals surface area (Å²) in [5.74, 6) is 1.89. The van der Waals surface area contributed by atoms with Gasteiger partial charge in [-0.15, -0.1) is 0 Å². The zero-order chi connectivity index (χ0) is 4.83. The quantitative estimate of drug-likeness (QED) is 0.455. The summed E-state index contributed by atoms with van der Waals surface area (Å²) in [7, 11) is 0. The Bertz CT molecular complexity index is 20.8. The van der Waals surface area contributed by atoms with Crippen LogP contribution in [0.4, 0.5) is 0 Å². The number of hydrogen-bond donors (Lipinski definition) is 1. The zero-order valence-electron chi connectivity index (χ0n) is 3.68. The summed E-state index contributed by atoms with van der Waals surface area (Å²) in [5, 5.41) is 0. The van der Waals surface area contributed by atoms with E-state index < -0.39 is 0 Å². The van der Waals surface area contributed by atoms with Crippen molar-refractivity contribution in [1.29, 1.82) is 0 Å². The molecule has 0 radical (unpaired) electrons. The lowest BCUT2D eigenvalue weighted by Gasteiger charge is -1.85. The molecule has 0 rings (SSSR count). The largest absolute Gasteiger partial charge is 0.330 e. The molecule has 0 fully saturated rings. The van der Waals surface area contributed by atoms with Gasteiger partial charge in [0, 0.05) is 11.5 Å². The van der Waals surface area contributed by atoms with Crippen molar-refractivity contribution in [2.45, 2.75) is 0 Å². The third kappa shape index (κ3) is 4.66. The van der Waals surface area contributed by atoms with Crippen LogP contribution < -0.4 is 0 Å². The molecule has 38 valence electrons. The molecule has 0 aliphatic carbocycles. The second kappa shape index (κ2) is 5.66. The standard InChI is InChI=1S/C3H8OS2/c1-5-2-3-6-4/h4H,2-3H2,1H3. The van der Waals surface area contributed by atoms with E-state index in [2.05, 4.69) is 0 Å². The lowest BCUT2D eigenvalue weighted by atomic mass is 11.0. The average Bonchev–Trinajstić information content (AvgIpc) is 1.61. The van der Waals surface area contributed by atoms with Crippen molar-refractivity contribution in [3.8, 4) is 0 Å². The predicted molar refractivity (Wildman–Crippen MR) is 33.5 cm³/mol. The summed E-state index contributed by atoms with van der Waals surface area (Å²) in [4.78, 5) is 0. The maximum Gasteiger partial charge on any atom is 0.0286 e. The number of hydrogen-bond acceptors (Lipinski definition) is 3. The summed E-state index contributed by atoms with van der Waals surface area (Å²) >= 11 is 2.65. The average molecular weight is 124 g/mol. The maximum atomic E-state index is 8.10. The molecule has 0 aromatic rings. The lowest BCUT2D eigenvalue weighted by Crippen LogP contribution is -1.77. The molecule has 0 unspecified atom stereocenters. The van der Waals surface area contributed by atoms with E-state index in [1.165, 1.54) is 0 Å². The molecule has 0 aliphatic rings. The van der Waals surface area contributed by atoms with E-state index in [9.17, 15) is 0 Å². The molecule has 0 aromatic carbocycles. The van der Waals surface area contributed by atoms with Gasteiger partial charge < -0.3 is 4.55 Å². The molecule has 3 heteroatoms. The van der Waals surface area contributed by atoms with E-state index in [0.29, 0.717) is 0 Å². The van der Waals surface area contributed by atoms with Crippen molar-refractivity contribution in [3.63, 3.8) is 0 Å². The summed E-state index contributed by atoms with van der Waals surface area (Å²) in [6, 6.07) is 0. The summed E-state index contributed by atoms with van der Waals surface area (Å²) < 4.78 is 8.10. The second-order valence-electron chi connectivity index (χ2n) is 0.826. The Kier molecular flexibility index (Phi) is 6.28. The fourth-order valence-electron chi connectivity index (χ4n) is 0.121. The lowest BCUT2D eigenvalue weighted by molar-refractivity contribution is 0.665. The first-order chi connectivity index (χ1) is 2.91. The molecule has 6 heavy (non-hydrogen) atoms. The van der Waals surface area contributed by atoms with Gasteiger partial charge in [0.25, 0.3) is 0 Å². The van der Waals surface area contributed by atoms with Crippen LogP contribution in [0.25, 0.3) is 0 Å². The Morgan fingerprint density at radius 2 is 2.17 bits per heavy atom.